The molecular formula is C17H11F3N2O4. The van der Waals surface area contributed by atoms with Crippen molar-refractivity contribution in [1.82, 2.24) is 0 Å². The third kappa shape index (κ3) is 4.98. The number of halogens is 3. The van der Waals surface area contributed by atoms with Gasteiger partial charge in [0, 0.05) is 6.08 Å². The number of nitrogens with zero attached hydrogens (tertiary/aromatic N) is 1. The Balaban J connectivity index is 1.99. The molecule has 0 saturated carbocycles. The number of nitrogens with one attached hydrogen (secondary N) is 1. The minimum Gasteiger partial charge on any atom is -0.465 e. The fourth-order valence-corrected chi connectivity index (χ4v) is 1.89. The number of rotatable bonds is 5. The first-order valence-corrected chi connectivity index (χ1v) is 7.10. The van der Waals surface area contributed by atoms with Gasteiger partial charge in [0.1, 0.15) is 17.4 Å². The molecule has 0 unspecified atom stereocenters. The average molecular weight is 364 g/mol. The summed E-state index contributed by atoms with van der Waals surface area (Å²) in [6.07, 6.45) is -2.21. The van der Waals surface area contributed by atoms with Crippen LogP contribution in [0.2, 0.25) is 0 Å². The van der Waals surface area contributed by atoms with E-state index < -0.39 is 41.5 Å². The lowest BCUT2D eigenvalue weighted by Gasteiger charge is -2.13. The van der Waals surface area contributed by atoms with E-state index in [9.17, 15) is 22.8 Å². The van der Waals surface area contributed by atoms with E-state index in [0.29, 0.717) is 0 Å². The molecule has 26 heavy (non-hydrogen) atoms. The van der Waals surface area contributed by atoms with Crippen molar-refractivity contribution in [1.29, 1.82) is 5.26 Å². The molecule has 0 aliphatic heterocycles. The number of hydrogen-bond acceptors (Lipinski definition) is 5. The summed E-state index contributed by atoms with van der Waals surface area (Å²) in [4.78, 5) is 23.5. The molecule has 0 fully saturated rings. The zero-order valence-electron chi connectivity index (χ0n) is 13.0. The Hall–Kier alpha value is -3.54. The molecule has 9 heteroatoms. The van der Waals surface area contributed by atoms with Crippen molar-refractivity contribution in [3.05, 3.63) is 59.6 Å². The predicted molar refractivity (Wildman–Crippen MR) is 83.3 cm³/mol. The predicted octanol–water partition coefficient (Wildman–Crippen LogP) is 3.39. The van der Waals surface area contributed by atoms with Crippen molar-refractivity contribution in [3.63, 3.8) is 0 Å². The number of para-hydroxylation sites is 1. The van der Waals surface area contributed by atoms with E-state index in [1.807, 2.05) is 5.32 Å². The molecule has 1 N–H and O–H groups in total. The molecule has 0 saturated heterocycles. The minimum absolute atomic E-state index is 0.224. The van der Waals surface area contributed by atoms with E-state index in [2.05, 4.69) is 4.74 Å². The van der Waals surface area contributed by atoms with Gasteiger partial charge in [-0.1, -0.05) is 12.1 Å². The molecule has 134 valence electrons. The highest BCUT2D eigenvalue weighted by molar-refractivity contribution is 6.00. The van der Waals surface area contributed by atoms with E-state index in [1.165, 1.54) is 30.5 Å². The van der Waals surface area contributed by atoms with Crippen LogP contribution in [0.25, 0.3) is 6.08 Å². The number of esters is 1. The fraction of sp³-hybridized carbons (Fsp3) is 0.118. The number of amides is 1. The average Bonchev–Trinajstić information content (AvgIpc) is 3.10. The molecule has 0 aliphatic rings. The van der Waals surface area contributed by atoms with E-state index in [1.54, 1.807) is 6.07 Å². The van der Waals surface area contributed by atoms with E-state index >= 15 is 0 Å². The monoisotopic (exact) mass is 364 g/mol. The Morgan fingerprint density at radius 1 is 1.23 bits per heavy atom. The SMILES string of the molecule is N#C/C(=C\c1ccco1)C(=O)OCC(=O)Nc1ccccc1C(F)(F)F. The lowest BCUT2D eigenvalue weighted by molar-refractivity contribution is -0.143. The third-order valence-electron chi connectivity index (χ3n) is 3.01. The second kappa shape index (κ2) is 8.02. The molecule has 6 nitrogen and oxygen atoms in total. The quantitative estimate of drug-likeness (QED) is 0.499. The summed E-state index contributed by atoms with van der Waals surface area (Å²) in [6.45, 7) is -0.859. The van der Waals surface area contributed by atoms with Crippen LogP contribution in [0, 0.1) is 11.3 Å². The van der Waals surface area contributed by atoms with Gasteiger partial charge in [0.2, 0.25) is 0 Å². The molecule has 2 rings (SSSR count). The van der Waals surface area contributed by atoms with Crippen LogP contribution < -0.4 is 5.32 Å². The highest BCUT2D eigenvalue weighted by Gasteiger charge is 2.33. The van der Waals surface area contributed by atoms with E-state index in [0.717, 1.165) is 18.2 Å². The zero-order chi connectivity index (χ0) is 19.2. The number of ether oxygens (including phenoxy) is 1. The highest BCUT2D eigenvalue weighted by atomic mass is 19.4. The molecule has 0 atom stereocenters. The van der Waals surface area contributed by atoms with Gasteiger partial charge in [0.25, 0.3) is 5.91 Å². The number of benzene rings is 1. The number of alkyl halides is 3. The Labute approximate surface area is 145 Å². The Bertz CT molecular complexity index is 865. The molecular weight excluding hydrogens is 353 g/mol. The first-order chi connectivity index (χ1) is 12.3. The van der Waals surface area contributed by atoms with Crippen LogP contribution in [-0.2, 0) is 20.5 Å². The van der Waals surface area contributed by atoms with Crippen LogP contribution in [0.1, 0.15) is 11.3 Å². The molecule has 1 amide bonds. The largest absolute Gasteiger partial charge is 0.465 e. The highest BCUT2D eigenvalue weighted by Crippen LogP contribution is 2.34. The fourth-order valence-electron chi connectivity index (χ4n) is 1.89. The van der Waals surface area contributed by atoms with Gasteiger partial charge < -0.3 is 14.5 Å². The van der Waals surface area contributed by atoms with Crippen LogP contribution >= 0.6 is 0 Å². The second-order valence-electron chi connectivity index (χ2n) is 4.85. The standard InChI is InChI=1S/C17H11F3N2O4/c18-17(19,20)13-5-1-2-6-14(13)22-15(23)10-26-16(24)11(9-21)8-12-4-3-7-25-12/h1-8H,10H2,(H,22,23)/b11-8+. The maximum absolute atomic E-state index is 12.9. The van der Waals surface area contributed by atoms with Gasteiger partial charge in [0.15, 0.2) is 6.61 Å². The summed E-state index contributed by atoms with van der Waals surface area (Å²) in [5.74, 6) is -1.87. The molecule has 1 aromatic heterocycles. The number of carbonyl (C=O) groups excluding carboxylic acids is 2. The Morgan fingerprint density at radius 3 is 2.58 bits per heavy atom. The topological polar surface area (TPSA) is 92.3 Å². The summed E-state index contributed by atoms with van der Waals surface area (Å²) >= 11 is 0. The van der Waals surface area contributed by atoms with Crippen LogP contribution in [-0.4, -0.2) is 18.5 Å². The third-order valence-corrected chi connectivity index (χ3v) is 3.01. The lowest BCUT2D eigenvalue weighted by Crippen LogP contribution is -2.23. The van der Waals surface area contributed by atoms with Crippen LogP contribution in [0.15, 0.2) is 52.7 Å². The van der Waals surface area contributed by atoms with Crippen molar-refractivity contribution in [2.45, 2.75) is 6.18 Å². The first-order valence-electron chi connectivity index (χ1n) is 7.10. The molecule has 1 aromatic carbocycles. The number of nitriles is 1. The van der Waals surface area contributed by atoms with Crippen LogP contribution in [0.4, 0.5) is 18.9 Å². The van der Waals surface area contributed by atoms with Crippen LogP contribution in [0.5, 0.6) is 0 Å². The van der Waals surface area contributed by atoms with Gasteiger partial charge in [-0.25, -0.2) is 4.79 Å². The van der Waals surface area contributed by atoms with E-state index in [4.69, 9.17) is 9.68 Å². The van der Waals surface area contributed by atoms with Gasteiger partial charge in [-0.15, -0.1) is 0 Å². The normalized spacial score (nSPS) is 11.5. The number of anilines is 1. The lowest BCUT2D eigenvalue weighted by atomic mass is 10.1. The van der Waals surface area contributed by atoms with Gasteiger partial charge in [-0.3, -0.25) is 4.79 Å². The van der Waals surface area contributed by atoms with Gasteiger partial charge in [0.05, 0.1) is 17.5 Å². The van der Waals surface area contributed by atoms with Gasteiger partial charge >= 0.3 is 12.1 Å². The Kier molecular flexibility index (Phi) is 5.80. The smallest absolute Gasteiger partial charge is 0.418 e. The number of hydrogen-bond donors (Lipinski definition) is 1. The maximum atomic E-state index is 12.9. The molecule has 2 aromatic rings. The van der Waals surface area contributed by atoms with Crippen molar-refractivity contribution < 1.29 is 31.9 Å². The molecule has 0 bridgehead atoms. The second-order valence-corrected chi connectivity index (χ2v) is 4.85. The number of carbonyl (C=O) groups is 2. The number of furan rings is 1. The summed E-state index contributed by atoms with van der Waals surface area (Å²) in [5, 5.41) is 11.0. The van der Waals surface area contributed by atoms with Crippen molar-refractivity contribution in [2.75, 3.05) is 11.9 Å². The van der Waals surface area contributed by atoms with Crippen molar-refractivity contribution in [3.8, 4) is 6.07 Å². The van der Waals surface area contributed by atoms with Crippen LogP contribution in [0.3, 0.4) is 0 Å². The molecule has 0 radical (unpaired) electrons. The van der Waals surface area contributed by atoms with Crippen molar-refractivity contribution in [2.24, 2.45) is 0 Å². The van der Waals surface area contributed by atoms with Gasteiger partial charge in [-0.05, 0) is 24.3 Å². The van der Waals surface area contributed by atoms with Crippen molar-refractivity contribution >= 4 is 23.6 Å². The maximum Gasteiger partial charge on any atom is 0.418 e. The zero-order valence-corrected chi connectivity index (χ0v) is 13.0. The summed E-state index contributed by atoms with van der Waals surface area (Å²) in [5.41, 5.74) is -1.92. The van der Waals surface area contributed by atoms with Gasteiger partial charge in [-0.2, -0.15) is 18.4 Å². The first kappa shape index (κ1) is 18.8. The summed E-state index contributed by atoms with van der Waals surface area (Å²) < 4.78 is 48.2. The molecule has 1 heterocycles. The molecule has 0 aliphatic carbocycles. The minimum atomic E-state index is -4.65. The Morgan fingerprint density at radius 2 is 1.96 bits per heavy atom. The summed E-state index contributed by atoms with van der Waals surface area (Å²) in [7, 11) is 0. The molecule has 0 spiro atoms. The van der Waals surface area contributed by atoms with E-state index in [-0.39, 0.29) is 5.76 Å². The summed E-state index contributed by atoms with van der Waals surface area (Å²) in [6, 6.07) is 8.99.